The maximum absolute atomic E-state index is 6.13. The van der Waals surface area contributed by atoms with E-state index in [1.807, 2.05) is 19.1 Å². The molecule has 0 aliphatic carbocycles. The standard InChI is InChI=1S/C12H11Cl2N3/c1-8(17-12-7-15-4-5-16-12)10-3-2-9(13)6-11(10)14/h2-8H,1H3,(H,16,17)/t8-/m0/s1. The highest BCUT2D eigenvalue weighted by atomic mass is 35.5. The molecule has 2 aromatic rings. The van der Waals surface area contributed by atoms with E-state index in [9.17, 15) is 0 Å². The van der Waals surface area contributed by atoms with Crippen molar-refractivity contribution in [2.75, 3.05) is 5.32 Å². The maximum atomic E-state index is 6.13. The first-order valence-corrected chi connectivity index (χ1v) is 5.90. The Morgan fingerprint density at radius 3 is 2.71 bits per heavy atom. The van der Waals surface area contributed by atoms with Gasteiger partial charge in [0, 0.05) is 22.4 Å². The molecule has 1 aromatic heterocycles. The molecule has 0 aliphatic rings. The molecular weight excluding hydrogens is 257 g/mol. The van der Waals surface area contributed by atoms with Crippen molar-refractivity contribution in [3.05, 3.63) is 52.4 Å². The fourth-order valence-electron chi connectivity index (χ4n) is 1.53. The Kier molecular flexibility index (Phi) is 3.82. The zero-order valence-corrected chi connectivity index (χ0v) is 10.7. The first kappa shape index (κ1) is 12.1. The van der Waals surface area contributed by atoms with Crippen molar-refractivity contribution in [2.45, 2.75) is 13.0 Å². The van der Waals surface area contributed by atoms with Crippen molar-refractivity contribution >= 4 is 29.0 Å². The van der Waals surface area contributed by atoms with Gasteiger partial charge in [0.2, 0.25) is 0 Å². The van der Waals surface area contributed by atoms with Gasteiger partial charge in [-0.05, 0) is 24.6 Å². The average molecular weight is 268 g/mol. The van der Waals surface area contributed by atoms with Crippen LogP contribution in [0.2, 0.25) is 10.0 Å². The van der Waals surface area contributed by atoms with E-state index >= 15 is 0 Å². The summed E-state index contributed by atoms with van der Waals surface area (Å²) < 4.78 is 0. The summed E-state index contributed by atoms with van der Waals surface area (Å²) >= 11 is 12.0. The predicted molar refractivity (Wildman–Crippen MR) is 70.5 cm³/mol. The summed E-state index contributed by atoms with van der Waals surface area (Å²) in [7, 11) is 0. The van der Waals surface area contributed by atoms with Crippen molar-refractivity contribution in [1.29, 1.82) is 0 Å². The summed E-state index contributed by atoms with van der Waals surface area (Å²) in [5, 5.41) is 4.49. The number of halogens is 2. The molecule has 3 nitrogen and oxygen atoms in total. The number of hydrogen-bond acceptors (Lipinski definition) is 3. The normalized spacial score (nSPS) is 12.2. The Labute approximate surface area is 110 Å². The van der Waals surface area contributed by atoms with Gasteiger partial charge in [-0.1, -0.05) is 29.3 Å². The number of benzene rings is 1. The van der Waals surface area contributed by atoms with Crippen molar-refractivity contribution in [3.8, 4) is 0 Å². The highest BCUT2D eigenvalue weighted by Gasteiger charge is 2.10. The third-order valence-electron chi connectivity index (χ3n) is 2.36. The molecule has 0 aliphatic heterocycles. The van der Waals surface area contributed by atoms with Gasteiger partial charge in [0.15, 0.2) is 0 Å². The molecule has 0 fully saturated rings. The van der Waals surface area contributed by atoms with Crippen LogP contribution in [0, 0.1) is 0 Å². The molecule has 1 heterocycles. The molecule has 1 N–H and O–H groups in total. The van der Waals surface area contributed by atoms with E-state index in [1.54, 1.807) is 24.7 Å². The van der Waals surface area contributed by atoms with Crippen molar-refractivity contribution in [1.82, 2.24) is 9.97 Å². The minimum Gasteiger partial charge on any atom is -0.362 e. The summed E-state index contributed by atoms with van der Waals surface area (Å²) in [4.78, 5) is 8.14. The number of hydrogen-bond donors (Lipinski definition) is 1. The molecule has 1 aromatic carbocycles. The molecule has 0 saturated heterocycles. The molecule has 0 amide bonds. The quantitative estimate of drug-likeness (QED) is 0.915. The van der Waals surface area contributed by atoms with Crippen LogP contribution in [0.5, 0.6) is 0 Å². The minimum atomic E-state index is 0.0384. The zero-order valence-electron chi connectivity index (χ0n) is 9.19. The lowest BCUT2D eigenvalue weighted by Gasteiger charge is -2.16. The highest BCUT2D eigenvalue weighted by molar-refractivity contribution is 6.35. The van der Waals surface area contributed by atoms with E-state index < -0.39 is 0 Å². The van der Waals surface area contributed by atoms with Gasteiger partial charge in [0.05, 0.1) is 12.2 Å². The Morgan fingerprint density at radius 2 is 2.06 bits per heavy atom. The summed E-state index contributed by atoms with van der Waals surface area (Å²) in [6.45, 7) is 2.00. The fraction of sp³-hybridized carbons (Fsp3) is 0.167. The Bertz CT molecular complexity index is 502. The molecule has 0 radical (unpaired) electrons. The van der Waals surface area contributed by atoms with Gasteiger partial charge in [-0.25, -0.2) is 4.98 Å². The van der Waals surface area contributed by atoms with E-state index in [2.05, 4.69) is 15.3 Å². The van der Waals surface area contributed by atoms with Crippen LogP contribution in [0.25, 0.3) is 0 Å². The summed E-state index contributed by atoms with van der Waals surface area (Å²) in [5.41, 5.74) is 0.974. The number of nitrogens with one attached hydrogen (secondary N) is 1. The number of nitrogens with zero attached hydrogens (tertiary/aromatic N) is 2. The second-order valence-corrected chi connectivity index (χ2v) is 4.47. The smallest absolute Gasteiger partial charge is 0.144 e. The molecule has 1 atom stereocenters. The lowest BCUT2D eigenvalue weighted by atomic mass is 10.1. The molecule has 17 heavy (non-hydrogen) atoms. The molecular formula is C12H11Cl2N3. The maximum Gasteiger partial charge on any atom is 0.144 e. The van der Waals surface area contributed by atoms with Crippen LogP contribution >= 0.6 is 23.2 Å². The third kappa shape index (κ3) is 3.08. The predicted octanol–water partition coefficient (Wildman–Crippen LogP) is 3.96. The van der Waals surface area contributed by atoms with Crippen LogP contribution in [-0.2, 0) is 0 Å². The molecule has 0 bridgehead atoms. The van der Waals surface area contributed by atoms with Crippen LogP contribution < -0.4 is 5.32 Å². The first-order chi connectivity index (χ1) is 8.16. The lowest BCUT2D eigenvalue weighted by molar-refractivity contribution is 0.871. The monoisotopic (exact) mass is 267 g/mol. The number of aromatic nitrogens is 2. The molecule has 5 heteroatoms. The van der Waals surface area contributed by atoms with Gasteiger partial charge in [0.1, 0.15) is 5.82 Å². The average Bonchev–Trinajstić information content (AvgIpc) is 2.30. The first-order valence-electron chi connectivity index (χ1n) is 5.14. The van der Waals surface area contributed by atoms with Gasteiger partial charge in [-0.3, -0.25) is 4.98 Å². The van der Waals surface area contributed by atoms with Gasteiger partial charge < -0.3 is 5.32 Å². The molecule has 0 spiro atoms. The van der Waals surface area contributed by atoms with Crippen molar-refractivity contribution in [3.63, 3.8) is 0 Å². The molecule has 0 unspecified atom stereocenters. The Morgan fingerprint density at radius 1 is 1.24 bits per heavy atom. The van der Waals surface area contributed by atoms with E-state index in [4.69, 9.17) is 23.2 Å². The second-order valence-electron chi connectivity index (χ2n) is 3.62. The van der Waals surface area contributed by atoms with Gasteiger partial charge in [-0.2, -0.15) is 0 Å². The van der Waals surface area contributed by atoms with Crippen LogP contribution in [0.1, 0.15) is 18.5 Å². The molecule has 88 valence electrons. The van der Waals surface area contributed by atoms with E-state index in [0.717, 1.165) is 5.56 Å². The Hall–Kier alpha value is -1.32. The molecule has 2 rings (SSSR count). The summed E-state index contributed by atoms with van der Waals surface area (Å²) in [6.07, 6.45) is 4.93. The van der Waals surface area contributed by atoms with Crippen LogP contribution in [0.15, 0.2) is 36.8 Å². The van der Waals surface area contributed by atoms with Gasteiger partial charge in [-0.15, -0.1) is 0 Å². The van der Waals surface area contributed by atoms with Crippen LogP contribution in [-0.4, -0.2) is 9.97 Å². The van der Waals surface area contributed by atoms with E-state index in [-0.39, 0.29) is 6.04 Å². The van der Waals surface area contributed by atoms with Crippen LogP contribution in [0.3, 0.4) is 0 Å². The third-order valence-corrected chi connectivity index (χ3v) is 2.92. The zero-order chi connectivity index (χ0) is 12.3. The summed E-state index contributed by atoms with van der Waals surface area (Å²) in [5.74, 6) is 0.714. The SMILES string of the molecule is C[C@H](Nc1cnccn1)c1ccc(Cl)cc1Cl. The fourth-order valence-corrected chi connectivity index (χ4v) is 2.10. The van der Waals surface area contributed by atoms with E-state index in [1.165, 1.54) is 0 Å². The van der Waals surface area contributed by atoms with E-state index in [0.29, 0.717) is 15.9 Å². The van der Waals surface area contributed by atoms with Gasteiger partial charge >= 0.3 is 0 Å². The number of rotatable bonds is 3. The van der Waals surface area contributed by atoms with Gasteiger partial charge in [0.25, 0.3) is 0 Å². The number of anilines is 1. The second kappa shape index (κ2) is 5.34. The minimum absolute atomic E-state index is 0.0384. The topological polar surface area (TPSA) is 37.8 Å². The summed E-state index contributed by atoms with van der Waals surface area (Å²) in [6, 6.07) is 5.49. The van der Waals surface area contributed by atoms with Crippen molar-refractivity contribution in [2.24, 2.45) is 0 Å². The Balaban J connectivity index is 2.17. The largest absolute Gasteiger partial charge is 0.362 e. The highest BCUT2D eigenvalue weighted by Crippen LogP contribution is 2.27. The molecule has 0 saturated carbocycles. The van der Waals surface area contributed by atoms with Crippen molar-refractivity contribution < 1.29 is 0 Å². The van der Waals surface area contributed by atoms with Crippen LogP contribution in [0.4, 0.5) is 5.82 Å². The lowest BCUT2D eigenvalue weighted by Crippen LogP contribution is -2.08.